The number of halogens is 1. The normalized spacial score (nSPS) is 12.6. The van der Waals surface area contributed by atoms with Gasteiger partial charge < -0.3 is 10.5 Å². The minimum atomic E-state index is -0.452. The number of carbonyl (C=O) groups is 1. The van der Waals surface area contributed by atoms with Gasteiger partial charge in [0.2, 0.25) is 0 Å². The van der Waals surface area contributed by atoms with Crippen molar-refractivity contribution in [3.63, 3.8) is 0 Å². The molecule has 0 heterocycles. The molecular formula is C10H20FNO2. The average Bonchev–Trinajstić information content (AvgIpc) is 1.98. The summed E-state index contributed by atoms with van der Waals surface area (Å²) in [6.45, 7) is 9.09. The van der Waals surface area contributed by atoms with Gasteiger partial charge in [-0.15, -0.1) is 0 Å². The van der Waals surface area contributed by atoms with Crippen LogP contribution in [0.5, 0.6) is 0 Å². The van der Waals surface area contributed by atoms with E-state index < -0.39 is 5.60 Å². The average molecular weight is 205 g/mol. The van der Waals surface area contributed by atoms with E-state index in [-0.39, 0.29) is 10.7 Å². The van der Waals surface area contributed by atoms with Crippen molar-refractivity contribution < 1.29 is 14.2 Å². The molecular weight excluding hydrogens is 185 g/mol. The fraction of sp³-hybridized carbons (Fsp3) is 0.700. The summed E-state index contributed by atoms with van der Waals surface area (Å²) >= 11 is 0. The smallest absolute Gasteiger partial charge is 0.335 e. The van der Waals surface area contributed by atoms with Crippen LogP contribution in [-0.4, -0.2) is 11.6 Å². The summed E-state index contributed by atoms with van der Waals surface area (Å²) in [5.74, 6) is -0.327. The van der Waals surface area contributed by atoms with E-state index in [1.54, 1.807) is 6.92 Å². The lowest BCUT2D eigenvalue weighted by molar-refractivity contribution is -0.149. The lowest BCUT2D eigenvalue weighted by Gasteiger charge is -2.20. The highest BCUT2D eigenvalue weighted by Crippen LogP contribution is 2.12. The second-order valence-electron chi connectivity index (χ2n) is 4.01. The Labute approximate surface area is 84.7 Å². The van der Waals surface area contributed by atoms with Crippen LogP contribution in [0.3, 0.4) is 0 Å². The van der Waals surface area contributed by atoms with Gasteiger partial charge in [-0.25, -0.2) is 4.79 Å². The first-order valence-electron chi connectivity index (χ1n) is 4.46. The zero-order valence-electron chi connectivity index (χ0n) is 9.51. The first-order valence-corrected chi connectivity index (χ1v) is 4.46. The van der Waals surface area contributed by atoms with Gasteiger partial charge in [0.05, 0.1) is 5.57 Å². The summed E-state index contributed by atoms with van der Waals surface area (Å²) in [6.07, 6.45) is 0.672. The molecule has 0 unspecified atom stereocenters. The summed E-state index contributed by atoms with van der Waals surface area (Å²) < 4.78 is 5.15. The Morgan fingerprint density at radius 1 is 1.36 bits per heavy atom. The van der Waals surface area contributed by atoms with Gasteiger partial charge in [-0.2, -0.15) is 0 Å². The molecule has 0 atom stereocenters. The van der Waals surface area contributed by atoms with Crippen molar-refractivity contribution in [1.29, 1.82) is 0 Å². The molecule has 2 N–H and O–H groups in total. The fourth-order valence-electron chi connectivity index (χ4n) is 0.751. The number of esters is 1. The predicted molar refractivity (Wildman–Crippen MR) is 55.5 cm³/mol. The van der Waals surface area contributed by atoms with Gasteiger partial charge in [-0.05, 0) is 34.1 Å². The highest BCUT2D eigenvalue weighted by molar-refractivity contribution is 5.88. The molecule has 84 valence electrons. The first kappa shape index (κ1) is 15.4. The second kappa shape index (κ2) is 5.62. The first-order chi connectivity index (χ1) is 5.78. The van der Waals surface area contributed by atoms with E-state index in [2.05, 4.69) is 0 Å². The zero-order chi connectivity index (χ0) is 10.6. The van der Waals surface area contributed by atoms with Crippen LogP contribution in [0.2, 0.25) is 0 Å². The summed E-state index contributed by atoms with van der Waals surface area (Å²) in [7, 11) is 0. The molecule has 14 heavy (non-hydrogen) atoms. The molecule has 0 rings (SSSR count). The Bertz CT molecular complexity index is 229. The van der Waals surface area contributed by atoms with Gasteiger partial charge in [-0.3, -0.25) is 4.70 Å². The summed E-state index contributed by atoms with van der Waals surface area (Å²) in [5.41, 5.74) is 6.27. The highest BCUT2D eigenvalue weighted by Gasteiger charge is 2.18. The molecule has 0 aliphatic heterocycles. The molecule has 0 radical (unpaired) electrons. The minimum absolute atomic E-state index is 0. The monoisotopic (exact) mass is 205 g/mol. The molecule has 0 amide bonds. The standard InChI is InChI=1S/C10H19NO2.FH/c1-6-8(11)7(2)9(12)13-10(3,4)5;/h6,11H2,1-5H3;1H. The maximum atomic E-state index is 11.4. The molecule has 0 aromatic rings. The number of hydrogen-bond donors (Lipinski definition) is 1. The minimum Gasteiger partial charge on any atom is -0.457 e. The van der Waals surface area contributed by atoms with E-state index >= 15 is 0 Å². The van der Waals surface area contributed by atoms with Crippen molar-refractivity contribution >= 4 is 5.97 Å². The summed E-state index contributed by atoms with van der Waals surface area (Å²) in [5, 5.41) is 0. The van der Waals surface area contributed by atoms with Crippen molar-refractivity contribution in [2.75, 3.05) is 0 Å². The largest absolute Gasteiger partial charge is 0.457 e. The van der Waals surface area contributed by atoms with Crippen molar-refractivity contribution in [2.45, 2.75) is 46.6 Å². The van der Waals surface area contributed by atoms with Crippen molar-refractivity contribution in [1.82, 2.24) is 0 Å². The van der Waals surface area contributed by atoms with Gasteiger partial charge in [0, 0.05) is 5.70 Å². The predicted octanol–water partition coefficient (Wildman–Crippen LogP) is 2.12. The van der Waals surface area contributed by atoms with Crippen LogP contribution < -0.4 is 5.73 Å². The SMILES string of the molecule is CCC(N)=C(C)C(=O)OC(C)(C)C.F. The van der Waals surface area contributed by atoms with E-state index in [0.717, 1.165) is 0 Å². The third-order valence-corrected chi connectivity index (χ3v) is 1.57. The van der Waals surface area contributed by atoms with E-state index in [1.807, 2.05) is 27.7 Å². The molecule has 0 aromatic carbocycles. The molecule has 0 fully saturated rings. The lowest BCUT2D eigenvalue weighted by Crippen LogP contribution is -2.25. The van der Waals surface area contributed by atoms with Gasteiger partial charge in [0.1, 0.15) is 5.60 Å². The number of carbonyl (C=O) groups excluding carboxylic acids is 1. The van der Waals surface area contributed by atoms with Crippen molar-refractivity contribution in [3.8, 4) is 0 Å². The zero-order valence-corrected chi connectivity index (χ0v) is 9.51. The summed E-state index contributed by atoms with van der Waals surface area (Å²) in [4.78, 5) is 11.4. The van der Waals surface area contributed by atoms with Crippen LogP contribution in [0.4, 0.5) is 4.70 Å². The molecule has 0 aliphatic carbocycles. The molecule has 0 spiro atoms. The van der Waals surface area contributed by atoms with Crippen LogP contribution in [0.15, 0.2) is 11.3 Å². The second-order valence-corrected chi connectivity index (χ2v) is 4.01. The van der Waals surface area contributed by atoms with Crippen LogP contribution in [0.1, 0.15) is 41.0 Å². The van der Waals surface area contributed by atoms with E-state index in [9.17, 15) is 4.79 Å². The van der Waals surface area contributed by atoms with E-state index in [0.29, 0.717) is 17.7 Å². The Morgan fingerprint density at radius 3 is 2.07 bits per heavy atom. The van der Waals surface area contributed by atoms with Crippen LogP contribution in [0, 0.1) is 0 Å². The number of ether oxygens (including phenoxy) is 1. The van der Waals surface area contributed by atoms with E-state index in [1.165, 1.54) is 0 Å². The van der Waals surface area contributed by atoms with Crippen molar-refractivity contribution in [3.05, 3.63) is 11.3 Å². The van der Waals surface area contributed by atoms with Crippen LogP contribution in [0.25, 0.3) is 0 Å². The Morgan fingerprint density at radius 2 is 1.79 bits per heavy atom. The quantitative estimate of drug-likeness (QED) is 0.555. The van der Waals surface area contributed by atoms with Gasteiger partial charge in [0.25, 0.3) is 0 Å². The number of nitrogens with two attached hydrogens (primary N) is 1. The molecule has 3 nitrogen and oxygen atoms in total. The molecule has 0 aromatic heterocycles. The molecule has 0 saturated heterocycles. The highest BCUT2D eigenvalue weighted by atomic mass is 19.0. The fourth-order valence-corrected chi connectivity index (χ4v) is 0.751. The van der Waals surface area contributed by atoms with Crippen LogP contribution >= 0.6 is 0 Å². The number of allylic oxidation sites excluding steroid dienone is 1. The maximum Gasteiger partial charge on any atom is 0.335 e. The molecule has 0 saturated carbocycles. The number of rotatable bonds is 2. The summed E-state index contributed by atoms with van der Waals surface area (Å²) in [6, 6.07) is 0. The Hall–Kier alpha value is -1.06. The molecule has 4 heteroatoms. The van der Waals surface area contributed by atoms with Gasteiger partial charge in [-0.1, -0.05) is 6.92 Å². The molecule has 0 bridgehead atoms. The molecule has 0 aliphatic rings. The van der Waals surface area contributed by atoms with Gasteiger partial charge >= 0.3 is 5.97 Å². The third-order valence-electron chi connectivity index (χ3n) is 1.57. The topological polar surface area (TPSA) is 52.3 Å². The Kier molecular flexibility index (Phi) is 6.19. The maximum absolute atomic E-state index is 11.4. The van der Waals surface area contributed by atoms with Gasteiger partial charge in [0.15, 0.2) is 0 Å². The van der Waals surface area contributed by atoms with Crippen molar-refractivity contribution in [2.24, 2.45) is 5.73 Å². The lowest BCUT2D eigenvalue weighted by atomic mass is 10.1. The van der Waals surface area contributed by atoms with E-state index in [4.69, 9.17) is 10.5 Å². The Balaban J connectivity index is 0. The third kappa shape index (κ3) is 5.56. The van der Waals surface area contributed by atoms with Crippen LogP contribution in [-0.2, 0) is 9.53 Å². The number of hydrogen-bond acceptors (Lipinski definition) is 3.